The number of hydrogen-bond donors (Lipinski definition) is 1. The molecule has 98 valence electrons. The molecule has 0 aliphatic carbocycles. The molecule has 0 saturated carbocycles. The molecule has 1 unspecified atom stereocenters. The molecule has 2 aromatic heterocycles. The molecule has 3 rings (SSSR count). The molecule has 0 aliphatic heterocycles. The van der Waals surface area contributed by atoms with Crippen molar-refractivity contribution >= 4 is 32.1 Å². The highest BCUT2D eigenvalue weighted by molar-refractivity contribution is 7.26. The summed E-state index contributed by atoms with van der Waals surface area (Å²) in [7, 11) is 0. The Kier molecular flexibility index (Phi) is 3.17. The van der Waals surface area contributed by atoms with Crippen molar-refractivity contribution in [2.24, 2.45) is 0 Å². The molecule has 3 aromatic rings. The number of aliphatic hydroxyl groups excluding tert-OH is 1. The zero-order valence-corrected chi connectivity index (χ0v) is 12.2. The minimum atomic E-state index is -0.676. The second-order valence-corrected chi connectivity index (χ2v) is 6.72. The molecule has 0 fully saturated rings. The van der Waals surface area contributed by atoms with Crippen LogP contribution in [0.4, 0.5) is 4.39 Å². The quantitative estimate of drug-likeness (QED) is 0.719. The molecule has 2 heterocycles. The fourth-order valence-corrected chi connectivity index (χ4v) is 4.53. The lowest BCUT2D eigenvalue weighted by atomic mass is 9.97. The lowest BCUT2D eigenvalue weighted by Gasteiger charge is -2.15. The number of aliphatic hydroxyl groups is 1. The van der Waals surface area contributed by atoms with E-state index < -0.39 is 6.10 Å². The third-order valence-corrected chi connectivity index (χ3v) is 5.41. The Labute approximate surface area is 119 Å². The number of rotatable bonds is 2. The number of halogens is 1. The fourth-order valence-electron chi connectivity index (χ4n) is 2.41. The minimum absolute atomic E-state index is 0.252. The molecule has 4 heteroatoms. The largest absolute Gasteiger partial charge is 0.383 e. The third kappa shape index (κ3) is 2.20. The van der Waals surface area contributed by atoms with Gasteiger partial charge < -0.3 is 5.11 Å². The van der Waals surface area contributed by atoms with Crippen molar-refractivity contribution in [3.05, 3.63) is 57.0 Å². The maximum atomic E-state index is 13.3. The first-order valence-corrected chi connectivity index (χ1v) is 7.67. The molecule has 1 N–H and O–H groups in total. The van der Waals surface area contributed by atoms with Crippen molar-refractivity contribution < 1.29 is 9.50 Å². The van der Waals surface area contributed by atoms with Gasteiger partial charge >= 0.3 is 0 Å². The summed E-state index contributed by atoms with van der Waals surface area (Å²) in [5.41, 5.74) is 2.40. The van der Waals surface area contributed by atoms with Crippen molar-refractivity contribution in [2.45, 2.75) is 20.0 Å². The minimum Gasteiger partial charge on any atom is -0.383 e. The predicted molar refractivity (Wildman–Crippen MR) is 79.6 cm³/mol. The summed E-state index contributed by atoms with van der Waals surface area (Å²) in [6, 6.07) is 7.03. The van der Waals surface area contributed by atoms with E-state index in [0.717, 1.165) is 21.6 Å². The SMILES string of the molecule is Cc1cc(F)cc(C)c1C(O)c1cc2sccc2s1. The summed E-state index contributed by atoms with van der Waals surface area (Å²) in [6.45, 7) is 3.68. The van der Waals surface area contributed by atoms with Crippen molar-refractivity contribution in [1.82, 2.24) is 0 Å². The van der Waals surface area contributed by atoms with E-state index in [-0.39, 0.29) is 5.82 Å². The van der Waals surface area contributed by atoms with E-state index in [1.165, 1.54) is 21.5 Å². The van der Waals surface area contributed by atoms with Gasteiger partial charge in [-0.1, -0.05) is 0 Å². The average molecular weight is 292 g/mol. The molecule has 0 amide bonds. The number of thiophene rings is 2. The van der Waals surface area contributed by atoms with E-state index in [1.807, 2.05) is 25.3 Å². The second-order valence-electron chi connectivity index (χ2n) is 4.65. The van der Waals surface area contributed by atoms with Crippen molar-refractivity contribution in [3.8, 4) is 0 Å². The Morgan fingerprint density at radius 1 is 1.11 bits per heavy atom. The molecule has 0 aliphatic rings. The molecule has 1 aromatic carbocycles. The van der Waals surface area contributed by atoms with Crippen LogP contribution in [0.5, 0.6) is 0 Å². The van der Waals surface area contributed by atoms with Gasteiger partial charge in [0.25, 0.3) is 0 Å². The monoisotopic (exact) mass is 292 g/mol. The van der Waals surface area contributed by atoms with Crippen LogP contribution in [-0.4, -0.2) is 5.11 Å². The number of benzene rings is 1. The Morgan fingerprint density at radius 2 is 1.79 bits per heavy atom. The summed E-state index contributed by atoms with van der Waals surface area (Å²) >= 11 is 3.27. The Morgan fingerprint density at radius 3 is 2.42 bits per heavy atom. The molecule has 1 atom stereocenters. The zero-order valence-electron chi connectivity index (χ0n) is 10.6. The van der Waals surface area contributed by atoms with E-state index in [0.29, 0.717) is 0 Å². The van der Waals surface area contributed by atoms with Gasteiger partial charge in [0.15, 0.2) is 0 Å². The number of fused-ring (bicyclic) bond motifs is 1. The van der Waals surface area contributed by atoms with Crippen molar-refractivity contribution in [1.29, 1.82) is 0 Å². The first-order chi connectivity index (χ1) is 9.06. The number of hydrogen-bond acceptors (Lipinski definition) is 3. The van der Waals surface area contributed by atoms with Crippen molar-refractivity contribution in [2.75, 3.05) is 0 Å². The topological polar surface area (TPSA) is 20.2 Å². The zero-order chi connectivity index (χ0) is 13.6. The van der Waals surface area contributed by atoms with E-state index >= 15 is 0 Å². The normalized spacial score (nSPS) is 13.1. The van der Waals surface area contributed by atoms with Crippen LogP contribution < -0.4 is 0 Å². The lowest BCUT2D eigenvalue weighted by molar-refractivity contribution is 0.222. The first kappa shape index (κ1) is 12.8. The maximum absolute atomic E-state index is 13.3. The summed E-state index contributed by atoms with van der Waals surface area (Å²) in [4.78, 5) is 0.916. The molecule has 0 bridgehead atoms. The lowest BCUT2D eigenvalue weighted by Crippen LogP contribution is -2.03. The van der Waals surface area contributed by atoms with Crippen LogP contribution in [0, 0.1) is 19.7 Å². The van der Waals surface area contributed by atoms with Gasteiger partial charge in [-0.05, 0) is 60.2 Å². The van der Waals surface area contributed by atoms with Gasteiger partial charge in [-0.3, -0.25) is 0 Å². The molecule has 0 spiro atoms. The van der Waals surface area contributed by atoms with Crippen LogP contribution in [0.15, 0.2) is 29.6 Å². The van der Waals surface area contributed by atoms with Gasteiger partial charge in [0.2, 0.25) is 0 Å². The van der Waals surface area contributed by atoms with Crippen molar-refractivity contribution in [3.63, 3.8) is 0 Å². The van der Waals surface area contributed by atoms with E-state index in [2.05, 4.69) is 6.07 Å². The standard InChI is InChI=1S/C15H13FOS2/c1-8-5-10(16)6-9(2)14(8)15(17)13-7-12-11(19-13)3-4-18-12/h3-7,15,17H,1-2H3. The van der Waals surface area contributed by atoms with Crippen LogP contribution in [0.3, 0.4) is 0 Å². The fraction of sp³-hybridized carbons (Fsp3) is 0.200. The average Bonchev–Trinajstić information content (AvgIpc) is 2.86. The van der Waals surface area contributed by atoms with E-state index in [1.54, 1.807) is 22.7 Å². The molecule has 1 nitrogen and oxygen atoms in total. The molecule has 0 saturated heterocycles. The van der Waals surface area contributed by atoms with Gasteiger partial charge in [-0.2, -0.15) is 0 Å². The summed E-state index contributed by atoms with van der Waals surface area (Å²) in [5, 5.41) is 12.6. The van der Waals surface area contributed by atoms with Gasteiger partial charge in [0, 0.05) is 14.3 Å². The Bertz CT molecular complexity index is 690. The van der Waals surface area contributed by atoms with Gasteiger partial charge in [-0.15, -0.1) is 22.7 Å². The van der Waals surface area contributed by atoms with Crippen LogP contribution in [0.1, 0.15) is 27.7 Å². The van der Waals surface area contributed by atoms with Gasteiger partial charge in [-0.25, -0.2) is 4.39 Å². The third-order valence-electron chi connectivity index (χ3n) is 3.26. The maximum Gasteiger partial charge on any atom is 0.123 e. The molecule has 0 radical (unpaired) electrons. The predicted octanol–water partition coefficient (Wildman–Crippen LogP) is 4.80. The second kappa shape index (κ2) is 4.71. The summed E-state index contributed by atoms with van der Waals surface area (Å²) in [5.74, 6) is -0.252. The van der Waals surface area contributed by atoms with Crippen LogP contribution in [0.2, 0.25) is 0 Å². The van der Waals surface area contributed by atoms with Crippen LogP contribution in [-0.2, 0) is 0 Å². The number of aryl methyl sites for hydroxylation is 2. The highest BCUT2D eigenvalue weighted by Gasteiger charge is 2.19. The summed E-state index contributed by atoms with van der Waals surface area (Å²) in [6.07, 6.45) is -0.676. The van der Waals surface area contributed by atoms with E-state index in [9.17, 15) is 9.50 Å². The van der Waals surface area contributed by atoms with Gasteiger partial charge in [0.1, 0.15) is 11.9 Å². The molecular formula is C15H13FOS2. The van der Waals surface area contributed by atoms with Gasteiger partial charge in [0.05, 0.1) is 0 Å². The first-order valence-electron chi connectivity index (χ1n) is 5.98. The van der Waals surface area contributed by atoms with Crippen LogP contribution in [0.25, 0.3) is 9.40 Å². The summed E-state index contributed by atoms with van der Waals surface area (Å²) < 4.78 is 15.7. The Balaban J connectivity index is 2.09. The highest BCUT2D eigenvalue weighted by Crippen LogP contribution is 2.37. The van der Waals surface area contributed by atoms with Crippen LogP contribution >= 0.6 is 22.7 Å². The smallest absolute Gasteiger partial charge is 0.123 e. The highest BCUT2D eigenvalue weighted by atomic mass is 32.1. The molecular weight excluding hydrogens is 279 g/mol. The molecule has 19 heavy (non-hydrogen) atoms. The van der Waals surface area contributed by atoms with E-state index in [4.69, 9.17) is 0 Å². The Hall–Kier alpha value is -1.23.